The molecule has 0 aliphatic carbocycles. The van der Waals surface area contributed by atoms with E-state index in [2.05, 4.69) is 24.4 Å². The van der Waals surface area contributed by atoms with Crippen molar-refractivity contribution < 1.29 is 13.5 Å². The van der Waals surface area contributed by atoms with Gasteiger partial charge >= 0.3 is 0 Å². The number of benzene rings is 1. The Bertz CT molecular complexity index is 542. The molecule has 1 N–H and O–H groups in total. The monoisotopic (exact) mass is 283 g/mol. The highest BCUT2D eigenvalue weighted by atomic mass is 32.1. The SMILES string of the molecule is Cc1ccc(CNCCOc2ccc(F)c(F)c2)s1. The van der Waals surface area contributed by atoms with Crippen LogP contribution in [0.25, 0.3) is 0 Å². The normalized spacial score (nSPS) is 10.7. The summed E-state index contributed by atoms with van der Waals surface area (Å²) in [5.74, 6) is -1.41. The molecule has 0 unspecified atom stereocenters. The van der Waals surface area contributed by atoms with Crippen LogP contribution in [0.1, 0.15) is 9.75 Å². The minimum Gasteiger partial charge on any atom is -0.492 e. The zero-order chi connectivity index (χ0) is 13.7. The van der Waals surface area contributed by atoms with Gasteiger partial charge < -0.3 is 10.1 Å². The molecule has 0 radical (unpaired) electrons. The van der Waals surface area contributed by atoms with Crippen LogP contribution in [0.3, 0.4) is 0 Å². The highest BCUT2D eigenvalue weighted by Gasteiger charge is 2.03. The summed E-state index contributed by atoms with van der Waals surface area (Å²) in [6.45, 7) is 3.92. The van der Waals surface area contributed by atoms with Crippen LogP contribution in [0.4, 0.5) is 8.78 Å². The summed E-state index contributed by atoms with van der Waals surface area (Å²) in [7, 11) is 0. The summed E-state index contributed by atoms with van der Waals surface area (Å²) in [5.41, 5.74) is 0. The zero-order valence-electron chi connectivity index (χ0n) is 10.6. The van der Waals surface area contributed by atoms with Gasteiger partial charge in [0, 0.05) is 28.9 Å². The van der Waals surface area contributed by atoms with Crippen molar-refractivity contribution in [3.63, 3.8) is 0 Å². The zero-order valence-corrected chi connectivity index (χ0v) is 11.4. The summed E-state index contributed by atoms with van der Waals surface area (Å²) in [6.07, 6.45) is 0. The molecule has 0 atom stereocenters. The number of aryl methyl sites for hydroxylation is 1. The summed E-state index contributed by atoms with van der Waals surface area (Å²) in [6, 6.07) is 7.70. The largest absolute Gasteiger partial charge is 0.492 e. The fraction of sp³-hybridized carbons (Fsp3) is 0.286. The fourth-order valence-corrected chi connectivity index (χ4v) is 2.46. The third-order valence-electron chi connectivity index (χ3n) is 2.53. The van der Waals surface area contributed by atoms with E-state index in [-0.39, 0.29) is 0 Å². The van der Waals surface area contributed by atoms with Crippen LogP contribution in [-0.2, 0) is 6.54 Å². The van der Waals surface area contributed by atoms with Gasteiger partial charge in [-0.3, -0.25) is 0 Å². The molecular formula is C14H15F2NOS. The molecule has 2 aromatic rings. The molecule has 0 aliphatic rings. The second-order valence-corrected chi connectivity index (χ2v) is 5.49. The highest BCUT2D eigenvalue weighted by molar-refractivity contribution is 7.11. The fourth-order valence-electron chi connectivity index (χ4n) is 1.60. The maximum Gasteiger partial charge on any atom is 0.162 e. The van der Waals surface area contributed by atoms with E-state index in [1.807, 2.05) is 0 Å². The van der Waals surface area contributed by atoms with Crippen molar-refractivity contribution >= 4 is 11.3 Å². The standard InChI is InChI=1S/C14H15F2NOS/c1-10-2-4-12(19-10)9-17-6-7-18-11-3-5-13(15)14(16)8-11/h2-5,8,17H,6-7,9H2,1H3. The van der Waals surface area contributed by atoms with Crippen molar-refractivity contribution in [2.24, 2.45) is 0 Å². The molecule has 0 fully saturated rings. The molecule has 0 saturated carbocycles. The lowest BCUT2D eigenvalue weighted by Crippen LogP contribution is -2.20. The Balaban J connectivity index is 1.67. The van der Waals surface area contributed by atoms with E-state index in [9.17, 15) is 8.78 Å². The van der Waals surface area contributed by atoms with Gasteiger partial charge in [-0.25, -0.2) is 8.78 Å². The predicted octanol–water partition coefficient (Wildman–Crippen LogP) is 3.50. The molecule has 0 amide bonds. The van der Waals surface area contributed by atoms with Crippen LogP contribution >= 0.6 is 11.3 Å². The first-order chi connectivity index (χ1) is 9.15. The highest BCUT2D eigenvalue weighted by Crippen LogP contribution is 2.15. The number of halogens is 2. The van der Waals surface area contributed by atoms with Gasteiger partial charge in [-0.05, 0) is 31.2 Å². The summed E-state index contributed by atoms with van der Waals surface area (Å²) in [4.78, 5) is 2.56. The Hall–Kier alpha value is -1.46. The Kier molecular flexibility index (Phi) is 4.87. The summed E-state index contributed by atoms with van der Waals surface area (Å²) >= 11 is 1.75. The average Bonchev–Trinajstić information content (AvgIpc) is 2.79. The van der Waals surface area contributed by atoms with E-state index in [0.29, 0.717) is 18.9 Å². The molecule has 1 aromatic heterocycles. The first kappa shape index (κ1) is 14.0. The number of thiophene rings is 1. The molecule has 1 aromatic carbocycles. The van der Waals surface area contributed by atoms with Crippen molar-refractivity contribution in [2.45, 2.75) is 13.5 Å². The summed E-state index contributed by atoms with van der Waals surface area (Å²) < 4.78 is 30.9. The first-order valence-electron chi connectivity index (χ1n) is 5.99. The van der Waals surface area contributed by atoms with E-state index in [1.165, 1.54) is 15.8 Å². The second-order valence-electron chi connectivity index (χ2n) is 4.11. The number of hydrogen-bond acceptors (Lipinski definition) is 3. The van der Waals surface area contributed by atoms with E-state index in [1.54, 1.807) is 11.3 Å². The molecule has 5 heteroatoms. The van der Waals surface area contributed by atoms with Crippen LogP contribution in [0, 0.1) is 18.6 Å². The van der Waals surface area contributed by atoms with Crippen LogP contribution in [0.5, 0.6) is 5.75 Å². The van der Waals surface area contributed by atoms with Gasteiger partial charge in [0.1, 0.15) is 12.4 Å². The van der Waals surface area contributed by atoms with Gasteiger partial charge in [-0.2, -0.15) is 0 Å². The van der Waals surface area contributed by atoms with Crippen molar-refractivity contribution in [3.8, 4) is 5.75 Å². The predicted molar refractivity (Wildman–Crippen MR) is 72.6 cm³/mol. The molecule has 19 heavy (non-hydrogen) atoms. The molecular weight excluding hydrogens is 268 g/mol. The van der Waals surface area contributed by atoms with Crippen molar-refractivity contribution in [1.82, 2.24) is 5.32 Å². The number of nitrogens with one attached hydrogen (secondary N) is 1. The maximum atomic E-state index is 12.9. The smallest absolute Gasteiger partial charge is 0.162 e. The van der Waals surface area contributed by atoms with Gasteiger partial charge in [0.15, 0.2) is 11.6 Å². The lowest BCUT2D eigenvalue weighted by molar-refractivity contribution is 0.311. The van der Waals surface area contributed by atoms with E-state index in [0.717, 1.165) is 18.7 Å². The molecule has 0 aliphatic heterocycles. The van der Waals surface area contributed by atoms with Gasteiger partial charge in [-0.1, -0.05) is 0 Å². The maximum absolute atomic E-state index is 12.9. The van der Waals surface area contributed by atoms with Crippen molar-refractivity contribution in [3.05, 3.63) is 51.7 Å². The van der Waals surface area contributed by atoms with Gasteiger partial charge in [0.25, 0.3) is 0 Å². The van der Waals surface area contributed by atoms with Crippen molar-refractivity contribution in [2.75, 3.05) is 13.2 Å². The van der Waals surface area contributed by atoms with Gasteiger partial charge in [-0.15, -0.1) is 11.3 Å². The van der Waals surface area contributed by atoms with Crippen molar-refractivity contribution in [1.29, 1.82) is 0 Å². The Morgan fingerprint density at radius 2 is 2.00 bits per heavy atom. The molecule has 0 spiro atoms. The molecule has 0 saturated heterocycles. The minimum atomic E-state index is -0.889. The first-order valence-corrected chi connectivity index (χ1v) is 6.80. The minimum absolute atomic E-state index is 0.340. The van der Waals surface area contributed by atoms with E-state index in [4.69, 9.17) is 4.74 Å². The molecule has 102 valence electrons. The quantitative estimate of drug-likeness (QED) is 0.819. The molecule has 0 bridgehead atoms. The third kappa shape index (κ3) is 4.29. The lowest BCUT2D eigenvalue weighted by Gasteiger charge is -2.07. The van der Waals surface area contributed by atoms with E-state index >= 15 is 0 Å². The average molecular weight is 283 g/mol. The van der Waals surface area contributed by atoms with Gasteiger partial charge in [0.05, 0.1) is 0 Å². The Morgan fingerprint density at radius 3 is 2.68 bits per heavy atom. The van der Waals surface area contributed by atoms with E-state index < -0.39 is 11.6 Å². The van der Waals surface area contributed by atoms with Crippen LogP contribution in [0.2, 0.25) is 0 Å². The van der Waals surface area contributed by atoms with Gasteiger partial charge in [0.2, 0.25) is 0 Å². The molecule has 2 nitrogen and oxygen atoms in total. The van der Waals surface area contributed by atoms with Crippen LogP contribution in [-0.4, -0.2) is 13.2 Å². The third-order valence-corrected chi connectivity index (χ3v) is 3.53. The number of ether oxygens (including phenoxy) is 1. The van der Waals surface area contributed by atoms with Crippen LogP contribution < -0.4 is 10.1 Å². The lowest BCUT2D eigenvalue weighted by atomic mass is 10.3. The summed E-state index contributed by atoms with van der Waals surface area (Å²) in [5, 5.41) is 3.23. The second kappa shape index (κ2) is 6.63. The topological polar surface area (TPSA) is 21.3 Å². The Labute approximate surface area is 115 Å². The number of hydrogen-bond donors (Lipinski definition) is 1. The van der Waals surface area contributed by atoms with Crippen LogP contribution in [0.15, 0.2) is 30.3 Å². The Morgan fingerprint density at radius 1 is 1.16 bits per heavy atom. The molecule has 1 heterocycles. The number of rotatable bonds is 6. The molecule has 2 rings (SSSR count).